The van der Waals surface area contributed by atoms with E-state index in [0.717, 1.165) is 15.7 Å². The molecule has 120 valence electrons. The Kier molecular flexibility index (Phi) is 5.11. The van der Waals surface area contributed by atoms with Gasteiger partial charge in [0.25, 0.3) is 5.91 Å². The fourth-order valence-corrected chi connectivity index (χ4v) is 2.98. The summed E-state index contributed by atoms with van der Waals surface area (Å²) in [5.41, 5.74) is 2.66. The Bertz CT molecular complexity index is 800. The lowest BCUT2D eigenvalue weighted by Gasteiger charge is -2.30. The third kappa shape index (κ3) is 3.57. The van der Waals surface area contributed by atoms with Crippen molar-refractivity contribution in [1.82, 2.24) is 0 Å². The van der Waals surface area contributed by atoms with Crippen LogP contribution in [-0.4, -0.2) is 5.91 Å². The Morgan fingerprint density at radius 1 is 0.833 bits per heavy atom. The predicted octanol–water partition coefficient (Wildman–Crippen LogP) is 5.86. The third-order valence-corrected chi connectivity index (χ3v) is 4.54. The molecule has 0 aliphatic carbocycles. The standard InChI is InChI=1S/C21H18BrNO/c1-16(17-8-4-2-5-9-17)23(20-14-12-19(22)13-15-20)21(24)18-10-6-3-7-11-18/h2-16H,1H3. The maximum atomic E-state index is 13.2. The van der Waals surface area contributed by atoms with Crippen LogP contribution in [0.15, 0.2) is 89.4 Å². The highest BCUT2D eigenvalue weighted by molar-refractivity contribution is 9.10. The van der Waals surface area contributed by atoms with Crippen LogP contribution in [0.2, 0.25) is 0 Å². The first-order valence-corrected chi connectivity index (χ1v) is 8.65. The van der Waals surface area contributed by atoms with Gasteiger partial charge in [-0.05, 0) is 48.9 Å². The molecule has 0 N–H and O–H groups in total. The first-order chi connectivity index (χ1) is 11.7. The second-order valence-electron chi connectivity index (χ2n) is 5.60. The van der Waals surface area contributed by atoms with Crippen LogP contribution in [0.25, 0.3) is 0 Å². The van der Waals surface area contributed by atoms with Crippen molar-refractivity contribution in [1.29, 1.82) is 0 Å². The van der Waals surface area contributed by atoms with Gasteiger partial charge in [-0.1, -0.05) is 64.5 Å². The van der Waals surface area contributed by atoms with Crippen molar-refractivity contribution in [3.05, 3.63) is 101 Å². The van der Waals surface area contributed by atoms with Gasteiger partial charge in [-0.25, -0.2) is 0 Å². The summed E-state index contributed by atoms with van der Waals surface area (Å²) < 4.78 is 0.991. The Morgan fingerprint density at radius 3 is 1.96 bits per heavy atom. The van der Waals surface area contributed by atoms with E-state index >= 15 is 0 Å². The lowest BCUT2D eigenvalue weighted by Crippen LogP contribution is -2.33. The van der Waals surface area contributed by atoms with Gasteiger partial charge in [0.1, 0.15) is 0 Å². The summed E-state index contributed by atoms with van der Waals surface area (Å²) in [6, 6.07) is 27.3. The molecule has 2 nitrogen and oxygen atoms in total. The van der Waals surface area contributed by atoms with Crippen molar-refractivity contribution < 1.29 is 4.79 Å². The van der Waals surface area contributed by atoms with Gasteiger partial charge in [-0.2, -0.15) is 0 Å². The van der Waals surface area contributed by atoms with Crippen LogP contribution < -0.4 is 4.90 Å². The van der Waals surface area contributed by atoms with E-state index < -0.39 is 0 Å². The zero-order valence-corrected chi connectivity index (χ0v) is 15.0. The summed E-state index contributed by atoms with van der Waals surface area (Å²) in [6.07, 6.45) is 0. The molecule has 0 spiro atoms. The maximum Gasteiger partial charge on any atom is 0.258 e. The van der Waals surface area contributed by atoms with Crippen LogP contribution in [0, 0.1) is 0 Å². The molecule has 1 amide bonds. The van der Waals surface area contributed by atoms with Gasteiger partial charge < -0.3 is 4.90 Å². The summed E-state index contributed by atoms with van der Waals surface area (Å²) in [4.78, 5) is 15.0. The molecule has 3 aromatic rings. The van der Waals surface area contributed by atoms with E-state index in [1.807, 2.05) is 77.7 Å². The molecular formula is C21H18BrNO. The van der Waals surface area contributed by atoms with Gasteiger partial charge in [0.2, 0.25) is 0 Å². The molecule has 1 unspecified atom stereocenters. The van der Waals surface area contributed by atoms with Crippen LogP contribution in [-0.2, 0) is 0 Å². The van der Waals surface area contributed by atoms with E-state index in [1.54, 1.807) is 0 Å². The van der Waals surface area contributed by atoms with E-state index in [0.29, 0.717) is 5.56 Å². The van der Waals surface area contributed by atoms with E-state index in [-0.39, 0.29) is 11.9 Å². The summed E-state index contributed by atoms with van der Waals surface area (Å²) in [6.45, 7) is 2.05. The number of amides is 1. The molecule has 0 heterocycles. The van der Waals surface area contributed by atoms with E-state index in [1.165, 1.54) is 0 Å². The van der Waals surface area contributed by atoms with Crippen molar-refractivity contribution in [3.63, 3.8) is 0 Å². The number of benzene rings is 3. The highest BCUT2D eigenvalue weighted by Gasteiger charge is 2.24. The number of hydrogen-bond donors (Lipinski definition) is 0. The number of halogens is 1. The van der Waals surface area contributed by atoms with Crippen LogP contribution in [0.3, 0.4) is 0 Å². The Morgan fingerprint density at radius 2 is 1.38 bits per heavy atom. The molecule has 0 saturated carbocycles. The summed E-state index contributed by atoms with van der Waals surface area (Å²) >= 11 is 3.46. The molecule has 0 aromatic heterocycles. The number of nitrogens with zero attached hydrogens (tertiary/aromatic N) is 1. The average Bonchev–Trinajstić information content (AvgIpc) is 2.64. The molecule has 0 aliphatic rings. The quantitative estimate of drug-likeness (QED) is 0.555. The topological polar surface area (TPSA) is 20.3 Å². The fraction of sp³-hybridized carbons (Fsp3) is 0.0952. The normalized spacial score (nSPS) is 11.8. The lowest BCUT2D eigenvalue weighted by molar-refractivity contribution is 0.0978. The predicted molar refractivity (Wildman–Crippen MR) is 102 cm³/mol. The Balaban J connectivity index is 2.04. The van der Waals surface area contributed by atoms with Gasteiger partial charge in [-0.15, -0.1) is 0 Å². The summed E-state index contributed by atoms with van der Waals surface area (Å²) in [5, 5.41) is 0. The number of carbonyl (C=O) groups is 1. The van der Waals surface area contributed by atoms with E-state index in [2.05, 4.69) is 35.0 Å². The molecular weight excluding hydrogens is 362 g/mol. The van der Waals surface area contributed by atoms with Crippen molar-refractivity contribution in [2.75, 3.05) is 4.90 Å². The molecule has 0 aliphatic heterocycles. The van der Waals surface area contributed by atoms with Gasteiger partial charge in [0.15, 0.2) is 0 Å². The molecule has 0 saturated heterocycles. The van der Waals surface area contributed by atoms with Crippen molar-refractivity contribution in [3.8, 4) is 0 Å². The molecule has 0 radical (unpaired) electrons. The van der Waals surface area contributed by atoms with Gasteiger partial charge >= 0.3 is 0 Å². The maximum absolute atomic E-state index is 13.2. The van der Waals surface area contributed by atoms with Crippen molar-refractivity contribution in [2.24, 2.45) is 0 Å². The molecule has 3 aromatic carbocycles. The summed E-state index contributed by atoms with van der Waals surface area (Å²) in [5.74, 6) is -0.00530. The second-order valence-corrected chi connectivity index (χ2v) is 6.52. The first-order valence-electron chi connectivity index (χ1n) is 7.86. The van der Waals surface area contributed by atoms with Crippen molar-refractivity contribution >= 4 is 27.5 Å². The molecule has 0 bridgehead atoms. The van der Waals surface area contributed by atoms with Crippen molar-refractivity contribution in [2.45, 2.75) is 13.0 Å². The zero-order chi connectivity index (χ0) is 16.9. The van der Waals surface area contributed by atoms with Crippen LogP contribution in [0.5, 0.6) is 0 Å². The summed E-state index contributed by atoms with van der Waals surface area (Å²) in [7, 11) is 0. The van der Waals surface area contributed by atoms with E-state index in [4.69, 9.17) is 0 Å². The average molecular weight is 380 g/mol. The molecule has 3 rings (SSSR count). The van der Waals surface area contributed by atoms with Gasteiger partial charge in [0, 0.05) is 15.7 Å². The number of carbonyl (C=O) groups excluding carboxylic acids is 1. The minimum absolute atomic E-state index is 0.00530. The van der Waals surface area contributed by atoms with Crippen LogP contribution >= 0.6 is 15.9 Å². The molecule has 24 heavy (non-hydrogen) atoms. The molecule has 1 atom stereocenters. The SMILES string of the molecule is CC(c1ccccc1)N(C(=O)c1ccccc1)c1ccc(Br)cc1. The van der Waals surface area contributed by atoms with Gasteiger partial charge in [0.05, 0.1) is 6.04 Å². The second kappa shape index (κ2) is 7.45. The lowest BCUT2D eigenvalue weighted by atomic mass is 10.0. The van der Waals surface area contributed by atoms with Crippen LogP contribution in [0.1, 0.15) is 28.9 Å². The van der Waals surface area contributed by atoms with Crippen LogP contribution in [0.4, 0.5) is 5.69 Å². The Hall–Kier alpha value is -2.39. The smallest absolute Gasteiger partial charge is 0.258 e. The highest BCUT2D eigenvalue weighted by Crippen LogP contribution is 2.29. The minimum Gasteiger partial charge on any atom is -0.301 e. The highest BCUT2D eigenvalue weighted by atomic mass is 79.9. The molecule has 0 fully saturated rings. The number of rotatable bonds is 4. The number of anilines is 1. The van der Waals surface area contributed by atoms with Gasteiger partial charge in [-0.3, -0.25) is 4.79 Å². The number of hydrogen-bond acceptors (Lipinski definition) is 1. The third-order valence-electron chi connectivity index (χ3n) is 4.01. The zero-order valence-electron chi connectivity index (χ0n) is 13.4. The van der Waals surface area contributed by atoms with E-state index in [9.17, 15) is 4.79 Å². The molecule has 3 heteroatoms. The fourth-order valence-electron chi connectivity index (χ4n) is 2.72. The first kappa shape index (κ1) is 16.5. The largest absolute Gasteiger partial charge is 0.301 e. The minimum atomic E-state index is -0.0694. The Labute approximate surface area is 150 Å². The monoisotopic (exact) mass is 379 g/mol.